The first-order valence-corrected chi connectivity index (χ1v) is 13.6. The number of aromatic nitrogens is 2. The first kappa shape index (κ1) is 24.9. The SMILES string of the molecule is Cc1ccc(C(=O)NC2CC2)cc1-n1cnc2ccc(OCCNC(C)CS(C)(=O)=O)cc2c1=O. The number of fused-ring (bicyclic) bond motifs is 1. The summed E-state index contributed by atoms with van der Waals surface area (Å²) in [6.07, 6.45) is 4.68. The molecule has 2 N–H and O–H groups in total. The van der Waals surface area contributed by atoms with E-state index in [1.54, 1.807) is 37.3 Å². The fourth-order valence-corrected chi connectivity index (χ4v) is 4.88. The van der Waals surface area contributed by atoms with Crippen molar-refractivity contribution >= 4 is 26.6 Å². The molecule has 4 rings (SSSR count). The number of rotatable bonds is 10. The number of nitrogens with zero attached hydrogens (tertiary/aromatic N) is 2. The second-order valence-electron chi connectivity index (χ2n) is 9.14. The number of ether oxygens (including phenoxy) is 1. The Balaban J connectivity index is 1.52. The van der Waals surface area contributed by atoms with E-state index in [2.05, 4.69) is 15.6 Å². The third-order valence-electron chi connectivity index (χ3n) is 5.79. The number of carbonyl (C=O) groups is 1. The van der Waals surface area contributed by atoms with Gasteiger partial charge in [0.25, 0.3) is 11.5 Å². The lowest BCUT2D eigenvalue weighted by atomic mass is 10.1. The lowest BCUT2D eigenvalue weighted by Crippen LogP contribution is -2.35. The molecule has 35 heavy (non-hydrogen) atoms. The molecule has 0 spiro atoms. The molecular formula is C25H30N4O5S. The van der Waals surface area contributed by atoms with Crippen molar-refractivity contribution in [1.82, 2.24) is 20.2 Å². The molecule has 9 nitrogen and oxygen atoms in total. The lowest BCUT2D eigenvalue weighted by molar-refractivity contribution is 0.0951. The summed E-state index contributed by atoms with van der Waals surface area (Å²) in [4.78, 5) is 30.3. The Kier molecular flexibility index (Phi) is 7.23. The van der Waals surface area contributed by atoms with Gasteiger partial charge in [-0.05, 0) is 62.6 Å². The van der Waals surface area contributed by atoms with Gasteiger partial charge in [0.2, 0.25) is 0 Å². The van der Waals surface area contributed by atoms with Gasteiger partial charge in [-0.25, -0.2) is 13.4 Å². The predicted octanol–water partition coefficient (Wildman–Crippen LogP) is 1.99. The largest absolute Gasteiger partial charge is 0.492 e. The zero-order chi connectivity index (χ0) is 25.2. The first-order valence-electron chi connectivity index (χ1n) is 11.6. The van der Waals surface area contributed by atoms with Crippen molar-refractivity contribution < 1.29 is 17.9 Å². The molecule has 1 amide bonds. The van der Waals surface area contributed by atoms with Crippen LogP contribution in [-0.4, -0.2) is 61.1 Å². The molecule has 1 aromatic heterocycles. The van der Waals surface area contributed by atoms with Crippen LogP contribution in [0.1, 0.15) is 35.7 Å². The molecular weight excluding hydrogens is 468 g/mol. The molecule has 1 atom stereocenters. The number of hydrogen-bond acceptors (Lipinski definition) is 7. The third-order valence-corrected chi connectivity index (χ3v) is 6.89. The monoisotopic (exact) mass is 498 g/mol. The van der Waals surface area contributed by atoms with Crippen LogP contribution in [0.2, 0.25) is 0 Å². The van der Waals surface area contributed by atoms with E-state index in [0.29, 0.717) is 41.1 Å². The minimum absolute atomic E-state index is 0.0526. The van der Waals surface area contributed by atoms with Gasteiger partial charge in [-0.15, -0.1) is 0 Å². The van der Waals surface area contributed by atoms with E-state index in [4.69, 9.17) is 4.74 Å². The van der Waals surface area contributed by atoms with E-state index in [-0.39, 0.29) is 29.3 Å². The Bertz CT molecular complexity index is 1410. The number of hydrogen-bond donors (Lipinski definition) is 2. The van der Waals surface area contributed by atoms with Gasteiger partial charge in [-0.2, -0.15) is 0 Å². The highest BCUT2D eigenvalue weighted by molar-refractivity contribution is 7.90. The van der Waals surface area contributed by atoms with Crippen molar-refractivity contribution in [3.05, 3.63) is 64.2 Å². The summed E-state index contributed by atoms with van der Waals surface area (Å²) in [7, 11) is -3.05. The zero-order valence-electron chi connectivity index (χ0n) is 20.1. The van der Waals surface area contributed by atoms with Crippen LogP contribution >= 0.6 is 0 Å². The van der Waals surface area contributed by atoms with Gasteiger partial charge in [0.15, 0.2) is 0 Å². The van der Waals surface area contributed by atoms with Crippen LogP contribution in [0.25, 0.3) is 16.6 Å². The van der Waals surface area contributed by atoms with Crippen molar-refractivity contribution in [3.63, 3.8) is 0 Å². The fraction of sp³-hybridized carbons (Fsp3) is 0.400. The highest BCUT2D eigenvalue weighted by Gasteiger charge is 2.24. The topological polar surface area (TPSA) is 119 Å². The zero-order valence-corrected chi connectivity index (χ0v) is 20.9. The van der Waals surface area contributed by atoms with E-state index in [1.165, 1.54) is 17.2 Å². The summed E-state index contributed by atoms with van der Waals surface area (Å²) < 4.78 is 30.0. The minimum atomic E-state index is -3.05. The normalized spacial score (nSPS) is 14.6. The molecule has 0 radical (unpaired) electrons. The standard InChI is InChI=1S/C25H30N4O5S/c1-16-4-5-18(24(30)28-19-6-7-19)12-23(16)29-15-27-22-9-8-20(13-21(22)25(29)31)34-11-10-26-17(2)14-35(3,32)33/h4-5,8-9,12-13,15,17,19,26H,6-7,10-11,14H2,1-3H3,(H,28,30). The fourth-order valence-electron chi connectivity index (χ4n) is 3.86. The first-order chi connectivity index (χ1) is 16.6. The van der Waals surface area contributed by atoms with Crippen LogP contribution in [0.5, 0.6) is 5.75 Å². The summed E-state index contributed by atoms with van der Waals surface area (Å²) >= 11 is 0. The van der Waals surface area contributed by atoms with Gasteiger partial charge in [-0.1, -0.05) is 6.07 Å². The Hall–Kier alpha value is -3.24. The Labute approximate surface area is 204 Å². The average Bonchev–Trinajstić information content (AvgIpc) is 3.61. The molecule has 0 saturated heterocycles. The van der Waals surface area contributed by atoms with Crippen LogP contribution in [0.4, 0.5) is 0 Å². The van der Waals surface area contributed by atoms with Crippen molar-refractivity contribution in [2.24, 2.45) is 0 Å². The van der Waals surface area contributed by atoms with Gasteiger partial charge in [0.1, 0.15) is 28.5 Å². The van der Waals surface area contributed by atoms with E-state index in [1.807, 2.05) is 13.0 Å². The van der Waals surface area contributed by atoms with Crippen molar-refractivity contribution in [3.8, 4) is 11.4 Å². The van der Waals surface area contributed by atoms with Gasteiger partial charge in [0, 0.05) is 30.4 Å². The Morgan fingerprint density at radius 3 is 2.71 bits per heavy atom. The van der Waals surface area contributed by atoms with Crippen molar-refractivity contribution in [2.75, 3.05) is 25.2 Å². The van der Waals surface area contributed by atoms with Gasteiger partial charge >= 0.3 is 0 Å². The lowest BCUT2D eigenvalue weighted by Gasteiger charge is -2.14. The molecule has 1 heterocycles. The molecule has 1 aliphatic rings. The molecule has 1 aliphatic carbocycles. The summed E-state index contributed by atoms with van der Waals surface area (Å²) in [6.45, 7) is 4.45. The number of aryl methyl sites for hydroxylation is 1. The summed E-state index contributed by atoms with van der Waals surface area (Å²) in [5.41, 5.74) is 2.22. The smallest absolute Gasteiger partial charge is 0.265 e. The predicted molar refractivity (Wildman–Crippen MR) is 135 cm³/mol. The van der Waals surface area contributed by atoms with E-state index < -0.39 is 9.84 Å². The molecule has 2 aromatic carbocycles. The van der Waals surface area contributed by atoms with Crippen LogP contribution in [0.15, 0.2) is 47.5 Å². The number of nitrogens with one attached hydrogen (secondary N) is 2. The van der Waals surface area contributed by atoms with E-state index >= 15 is 0 Å². The maximum absolute atomic E-state index is 13.4. The number of sulfone groups is 1. The second kappa shape index (κ2) is 10.2. The number of carbonyl (C=O) groups excluding carboxylic acids is 1. The average molecular weight is 499 g/mol. The summed E-state index contributed by atoms with van der Waals surface area (Å²) in [5.74, 6) is 0.420. The van der Waals surface area contributed by atoms with E-state index in [0.717, 1.165) is 18.4 Å². The highest BCUT2D eigenvalue weighted by atomic mass is 32.2. The Morgan fingerprint density at radius 2 is 2.00 bits per heavy atom. The van der Waals surface area contributed by atoms with E-state index in [9.17, 15) is 18.0 Å². The van der Waals surface area contributed by atoms with Crippen molar-refractivity contribution in [2.45, 2.75) is 38.8 Å². The molecule has 1 unspecified atom stereocenters. The maximum Gasteiger partial charge on any atom is 0.265 e. The summed E-state index contributed by atoms with van der Waals surface area (Å²) in [5, 5.41) is 6.48. The van der Waals surface area contributed by atoms with Crippen molar-refractivity contribution in [1.29, 1.82) is 0 Å². The molecule has 0 aliphatic heterocycles. The van der Waals surface area contributed by atoms with Crippen LogP contribution in [-0.2, 0) is 9.84 Å². The quantitative estimate of drug-likeness (QED) is 0.410. The molecule has 10 heteroatoms. The van der Waals surface area contributed by atoms with Gasteiger partial charge in [-0.3, -0.25) is 14.2 Å². The van der Waals surface area contributed by atoms with Crippen LogP contribution in [0.3, 0.4) is 0 Å². The number of benzene rings is 2. The summed E-state index contributed by atoms with van der Waals surface area (Å²) in [6, 6.07) is 10.5. The van der Waals surface area contributed by atoms with Crippen LogP contribution in [0, 0.1) is 6.92 Å². The second-order valence-corrected chi connectivity index (χ2v) is 11.3. The number of amides is 1. The molecule has 3 aromatic rings. The minimum Gasteiger partial charge on any atom is -0.492 e. The van der Waals surface area contributed by atoms with Gasteiger partial charge in [0.05, 0.1) is 22.3 Å². The van der Waals surface area contributed by atoms with Gasteiger partial charge < -0.3 is 15.4 Å². The molecule has 186 valence electrons. The molecule has 1 saturated carbocycles. The maximum atomic E-state index is 13.4. The van der Waals surface area contributed by atoms with Crippen LogP contribution < -0.4 is 20.9 Å². The highest BCUT2D eigenvalue weighted by Crippen LogP contribution is 2.22. The third kappa shape index (κ3) is 6.46. The molecule has 0 bridgehead atoms. The Morgan fingerprint density at radius 1 is 1.23 bits per heavy atom. The molecule has 1 fully saturated rings.